The average molecular weight is 332 g/mol. The zero-order chi connectivity index (χ0) is 15.8. The third kappa shape index (κ3) is 3.96. The molecule has 0 aromatic heterocycles. The van der Waals surface area contributed by atoms with Gasteiger partial charge in [0, 0.05) is 29.4 Å². The quantitative estimate of drug-likeness (QED) is 0.840. The summed E-state index contributed by atoms with van der Waals surface area (Å²) < 4.78 is 28.0. The summed E-state index contributed by atoms with van der Waals surface area (Å²) in [7, 11) is 2.97. The van der Waals surface area contributed by atoms with Crippen LogP contribution in [0.4, 0.5) is 0 Å². The second-order valence-electron chi connectivity index (χ2n) is 5.96. The maximum Gasteiger partial charge on any atom is 0.261 e. The van der Waals surface area contributed by atoms with Crippen LogP contribution in [-0.2, 0) is 20.4 Å². The summed E-state index contributed by atoms with van der Waals surface area (Å²) in [5.74, 6) is -0.301. The van der Waals surface area contributed by atoms with E-state index in [4.69, 9.17) is 15.4 Å². The number of benzene rings is 1. The number of hydrogen-bond acceptors (Lipinski definition) is 4. The van der Waals surface area contributed by atoms with Gasteiger partial charge in [-0.25, -0.2) is 8.42 Å². The van der Waals surface area contributed by atoms with Crippen LogP contribution in [0.3, 0.4) is 0 Å². The second kappa shape index (κ2) is 5.59. The minimum Gasteiger partial charge on any atom is -0.380 e. The highest BCUT2D eigenvalue weighted by atomic mass is 35.7. The largest absolute Gasteiger partial charge is 0.380 e. The molecule has 116 valence electrons. The molecule has 0 spiro atoms. The first-order valence-electron chi connectivity index (χ1n) is 6.52. The maximum atomic E-state index is 12.2. The molecule has 2 rings (SSSR count). The molecule has 1 saturated carbocycles. The number of methoxy groups -OCH3 is 1. The smallest absolute Gasteiger partial charge is 0.261 e. The van der Waals surface area contributed by atoms with Gasteiger partial charge in [-0.3, -0.25) is 4.79 Å². The van der Waals surface area contributed by atoms with Crippen molar-refractivity contribution in [1.82, 2.24) is 5.32 Å². The molecule has 1 aliphatic carbocycles. The molecule has 1 aliphatic rings. The van der Waals surface area contributed by atoms with Crippen LogP contribution in [-0.4, -0.2) is 27.5 Å². The van der Waals surface area contributed by atoms with Crippen molar-refractivity contribution in [2.75, 3.05) is 7.11 Å². The van der Waals surface area contributed by atoms with Gasteiger partial charge in [0.2, 0.25) is 0 Å². The predicted molar refractivity (Wildman–Crippen MR) is 79.8 cm³/mol. The summed E-state index contributed by atoms with van der Waals surface area (Å²) in [6, 6.07) is 4.42. The predicted octanol–water partition coefficient (Wildman–Crippen LogP) is 2.29. The molecule has 0 bridgehead atoms. The highest BCUT2D eigenvalue weighted by Gasteiger charge is 2.46. The van der Waals surface area contributed by atoms with Crippen LogP contribution in [0.15, 0.2) is 23.1 Å². The van der Waals surface area contributed by atoms with Crippen LogP contribution in [0.1, 0.15) is 36.2 Å². The lowest BCUT2D eigenvalue weighted by molar-refractivity contribution is 0.0945. The Hall–Kier alpha value is -1.11. The van der Waals surface area contributed by atoms with Crippen molar-refractivity contribution in [3.63, 3.8) is 0 Å². The van der Waals surface area contributed by atoms with Crippen LogP contribution < -0.4 is 5.32 Å². The van der Waals surface area contributed by atoms with E-state index in [2.05, 4.69) is 19.2 Å². The molecule has 0 saturated heterocycles. The molecular formula is C14H18ClNO4S. The Morgan fingerprint density at radius 1 is 1.43 bits per heavy atom. The fourth-order valence-corrected chi connectivity index (χ4v) is 2.96. The Labute approximate surface area is 129 Å². The molecule has 1 N–H and O–H groups in total. The molecule has 1 amide bonds. The van der Waals surface area contributed by atoms with Crippen LogP contribution in [0.2, 0.25) is 0 Å². The molecule has 7 heteroatoms. The van der Waals surface area contributed by atoms with E-state index in [9.17, 15) is 13.2 Å². The minimum absolute atomic E-state index is 0.0982. The number of nitrogens with one attached hydrogen (secondary N) is 1. The van der Waals surface area contributed by atoms with Gasteiger partial charge in [-0.15, -0.1) is 0 Å². The van der Waals surface area contributed by atoms with Gasteiger partial charge in [0.25, 0.3) is 15.0 Å². The maximum absolute atomic E-state index is 12.2. The van der Waals surface area contributed by atoms with E-state index in [1.54, 1.807) is 6.07 Å². The van der Waals surface area contributed by atoms with E-state index in [1.165, 1.54) is 19.2 Å². The van der Waals surface area contributed by atoms with E-state index < -0.39 is 9.05 Å². The molecular weight excluding hydrogens is 314 g/mol. The summed E-state index contributed by atoms with van der Waals surface area (Å²) >= 11 is 0. The summed E-state index contributed by atoms with van der Waals surface area (Å²) in [6.45, 7) is 4.33. The fourth-order valence-electron chi connectivity index (χ4n) is 2.14. The number of halogens is 1. The van der Waals surface area contributed by atoms with Crippen molar-refractivity contribution in [1.29, 1.82) is 0 Å². The number of ether oxygens (including phenoxy) is 1. The molecule has 1 aromatic carbocycles. The Bertz CT molecular complexity index is 670. The molecule has 1 fully saturated rings. The summed E-state index contributed by atoms with van der Waals surface area (Å²) in [4.78, 5) is 12.1. The van der Waals surface area contributed by atoms with E-state index in [0.29, 0.717) is 5.56 Å². The second-order valence-corrected chi connectivity index (χ2v) is 8.52. The SMILES string of the molecule is COCc1cc(C(=O)NC2CC2(C)C)cc(S(=O)(=O)Cl)c1. The summed E-state index contributed by atoms with van der Waals surface area (Å²) in [5, 5.41) is 2.89. The fraction of sp³-hybridized carbons (Fsp3) is 0.500. The summed E-state index contributed by atoms with van der Waals surface area (Å²) in [6.07, 6.45) is 0.914. The minimum atomic E-state index is -3.90. The molecule has 21 heavy (non-hydrogen) atoms. The van der Waals surface area contributed by atoms with E-state index in [-0.39, 0.29) is 34.4 Å². The molecule has 0 heterocycles. The van der Waals surface area contributed by atoms with E-state index in [0.717, 1.165) is 6.42 Å². The van der Waals surface area contributed by atoms with Crippen molar-refractivity contribution >= 4 is 25.6 Å². The van der Waals surface area contributed by atoms with Crippen LogP contribution >= 0.6 is 10.7 Å². The normalized spacial score (nSPS) is 20.1. The molecule has 0 aliphatic heterocycles. The first kappa shape index (κ1) is 16.3. The topological polar surface area (TPSA) is 72.5 Å². The number of rotatable bonds is 5. The van der Waals surface area contributed by atoms with Crippen molar-refractivity contribution < 1.29 is 17.9 Å². The summed E-state index contributed by atoms with van der Waals surface area (Å²) in [5.41, 5.74) is 0.951. The first-order chi connectivity index (χ1) is 9.63. The molecule has 0 radical (unpaired) electrons. The van der Waals surface area contributed by atoms with Crippen LogP contribution in [0.5, 0.6) is 0 Å². The van der Waals surface area contributed by atoms with Gasteiger partial charge in [-0.1, -0.05) is 13.8 Å². The van der Waals surface area contributed by atoms with Crippen LogP contribution in [0.25, 0.3) is 0 Å². The highest BCUT2D eigenvalue weighted by Crippen LogP contribution is 2.44. The number of carbonyl (C=O) groups excluding carboxylic acids is 1. The van der Waals surface area contributed by atoms with Gasteiger partial charge in [0.05, 0.1) is 11.5 Å². The van der Waals surface area contributed by atoms with Gasteiger partial charge in [-0.2, -0.15) is 0 Å². The zero-order valence-corrected chi connectivity index (χ0v) is 13.7. The lowest BCUT2D eigenvalue weighted by atomic mass is 10.1. The van der Waals surface area contributed by atoms with Gasteiger partial charge in [0.1, 0.15) is 0 Å². The molecule has 1 aromatic rings. The Balaban J connectivity index is 2.29. The van der Waals surface area contributed by atoms with Gasteiger partial charge < -0.3 is 10.1 Å². The van der Waals surface area contributed by atoms with Crippen molar-refractivity contribution in [3.8, 4) is 0 Å². The lowest BCUT2D eigenvalue weighted by Gasteiger charge is -2.10. The van der Waals surface area contributed by atoms with Crippen molar-refractivity contribution in [3.05, 3.63) is 29.3 Å². The Kier molecular flexibility index (Phi) is 4.33. The van der Waals surface area contributed by atoms with Crippen molar-refractivity contribution in [2.24, 2.45) is 5.41 Å². The zero-order valence-electron chi connectivity index (χ0n) is 12.1. The third-order valence-electron chi connectivity index (χ3n) is 3.64. The lowest BCUT2D eigenvalue weighted by Crippen LogP contribution is -2.28. The standard InChI is InChI=1S/C14H18ClNO4S/c1-14(2)7-12(14)16-13(17)10-4-9(8-20-3)5-11(6-10)21(15,18)19/h4-6,12H,7-8H2,1-3H3,(H,16,17). The molecule has 1 unspecified atom stereocenters. The number of hydrogen-bond donors (Lipinski definition) is 1. The van der Waals surface area contributed by atoms with Gasteiger partial charge in [-0.05, 0) is 35.6 Å². The monoisotopic (exact) mass is 331 g/mol. The van der Waals surface area contributed by atoms with E-state index >= 15 is 0 Å². The number of amides is 1. The van der Waals surface area contributed by atoms with Crippen LogP contribution in [0, 0.1) is 5.41 Å². The van der Waals surface area contributed by atoms with Crippen molar-refractivity contribution in [2.45, 2.75) is 37.8 Å². The first-order valence-corrected chi connectivity index (χ1v) is 8.83. The Morgan fingerprint density at radius 2 is 2.05 bits per heavy atom. The average Bonchev–Trinajstić information content (AvgIpc) is 2.95. The highest BCUT2D eigenvalue weighted by molar-refractivity contribution is 8.13. The number of carbonyl (C=O) groups is 1. The van der Waals surface area contributed by atoms with Gasteiger partial charge in [0.15, 0.2) is 0 Å². The molecule has 1 atom stereocenters. The van der Waals surface area contributed by atoms with Gasteiger partial charge >= 0.3 is 0 Å². The molecule has 5 nitrogen and oxygen atoms in total. The van der Waals surface area contributed by atoms with E-state index in [1.807, 2.05) is 0 Å². The third-order valence-corrected chi connectivity index (χ3v) is 4.97. The Morgan fingerprint density at radius 3 is 2.52 bits per heavy atom.